The largest absolute Gasteiger partial charge is 0.364 e. The molecule has 1 unspecified atom stereocenters. The molecule has 0 saturated carbocycles. The maximum absolute atomic E-state index is 13.1. The normalized spacial score (nSPS) is 16.5. The van der Waals surface area contributed by atoms with Gasteiger partial charge in [0, 0.05) is 42.9 Å². The quantitative estimate of drug-likeness (QED) is 0.784. The molecule has 1 N–H and O–H groups in total. The van der Waals surface area contributed by atoms with Crippen LogP contribution in [0.1, 0.15) is 33.4 Å². The summed E-state index contributed by atoms with van der Waals surface area (Å²) in [6.45, 7) is 3.09. The lowest BCUT2D eigenvalue weighted by Crippen LogP contribution is -2.43. The van der Waals surface area contributed by atoms with E-state index in [2.05, 4.69) is 9.55 Å². The molecule has 4 rings (SSSR count). The van der Waals surface area contributed by atoms with Gasteiger partial charge in [0.25, 0.3) is 5.91 Å². The van der Waals surface area contributed by atoms with Crippen LogP contribution < -0.4 is 5.43 Å². The number of pyridine rings is 1. The van der Waals surface area contributed by atoms with Crippen LogP contribution in [-0.2, 0) is 6.54 Å². The van der Waals surface area contributed by atoms with E-state index in [1.807, 2.05) is 48.7 Å². The van der Waals surface area contributed by atoms with Gasteiger partial charge in [-0.25, -0.2) is 0 Å². The van der Waals surface area contributed by atoms with E-state index < -0.39 is 0 Å². The predicted molar refractivity (Wildman–Crippen MR) is 95.6 cm³/mol. The highest BCUT2D eigenvalue weighted by Crippen LogP contribution is 2.33. The zero-order chi connectivity index (χ0) is 17.4. The molecule has 1 amide bonds. The Morgan fingerprint density at radius 1 is 1.12 bits per heavy atom. The van der Waals surface area contributed by atoms with Gasteiger partial charge in [0.1, 0.15) is 5.56 Å². The highest BCUT2D eigenvalue weighted by Gasteiger charge is 2.33. The molecule has 1 atom stereocenters. The Morgan fingerprint density at radius 3 is 2.68 bits per heavy atom. The third-order valence-electron chi connectivity index (χ3n) is 4.70. The molecule has 0 fully saturated rings. The second-order valence-electron chi connectivity index (χ2n) is 6.33. The van der Waals surface area contributed by atoms with E-state index in [1.54, 1.807) is 11.8 Å². The van der Waals surface area contributed by atoms with E-state index in [4.69, 9.17) is 0 Å². The summed E-state index contributed by atoms with van der Waals surface area (Å²) in [6.07, 6.45) is 3.56. The van der Waals surface area contributed by atoms with Crippen LogP contribution >= 0.6 is 0 Å². The van der Waals surface area contributed by atoms with Crippen molar-refractivity contribution in [1.82, 2.24) is 14.5 Å². The second kappa shape index (κ2) is 6.09. The van der Waals surface area contributed by atoms with Crippen LogP contribution in [0.4, 0.5) is 0 Å². The van der Waals surface area contributed by atoms with Crippen molar-refractivity contribution in [2.24, 2.45) is 0 Å². The summed E-state index contributed by atoms with van der Waals surface area (Å²) in [5, 5.41) is 0. The van der Waals surface area contributed by atoms with Crippen molar-refractivity contribution in [2.75, 3.05) is 6.54 Å². The Bertz CT molecular complexity index is 972. The van der Waals surface area contributed by atoms with Crippen molar-refractivity contribution < 1.29 is 4.79 Å². The number of hydrogen-bond donors (Lipinski definition) is 1. The Labute approximate surface area is 145 Å². The molecule has 126 valence electrons. The molecule has 5 heteroatoms. The predicted octanol–water partition coefficient (Wildman–Crippen LogP) is 2.73. The summed E-state index contributed by atoms with van der Waals surface area (Å²) in [4.78, 5) is 30.2. The number of hydrogen-bond acceptors (Lipinski definition) is 2. The number of benzene rings is 1. The zero-order valence-corrected chi connectivity index (χ0v) is 14.0. The van der Waals surface area contributed by atoms with Crippen LogP contribution in [-0.4, -0.2) is 26.9 Å². The minimum Gasteiger partial charge on any atom is -0.364 e. The van der Waals surface area contributed by atoms with Crippen LogP contribution in [0.15, 0.2) is 65.7 Å². The monoisotopic (exact) mass is 333 g/mol. The lowest BCUT2D eigenvalue weighted by Gasteiger charge is -2.37. The molecule has 5 nitrogen and oxygen atoms in total. The van der Waals surface area contributed by atoms with Gasteiger partial charge in [-0.3, -0.25) is 9.59 Å². The van der Waals surface area contributed by atoms with E-state index in [0.717, 1.165) is 23.5 Å². The first-order chi connectivity index (χ1) is 12.1. The molecule has 3 heterocycles. The molecular weight excluding hydrogens is 314 g/mol. The van der Waals surface area contributed by atoms with Crippen LogP contribution in [0, 0.1) is 6.92 Å². The van der Waals surface area contributed by atoms with E-state index in [1.165, 1.54) is 12.3 Å². The summed E-state index contributed by atoms with van der Waals surface area (Å²) in [5.41, 5.74) is 2.79. The fourth-order valence-electron chi connectivity index (χ4n) is 3.48. The molecule has 2 aromatic heterocycles. The number of fused-ring (bicyclic) bond motifs is 1. The van der Waals surface area contributed by atoms with Gasteiger partial charge >= 0.3 is 0 Å². The van der Waals surface area contributed by atoms with Crippen molar-refractivity contribution in [1.29, 1.82) is 0 Å². The minimum absolute atomic E-state index is 0.187. The molecule has 1 aliphatic heterocycles. The van der Waals surface area contributed by atoms with E-state index in [9.17, 15) is 9.59 Å². The van der Waals surface area contributed by atoms with E-state index in [-0.39, 0.29) is 22.9 Å². The number of carbonyl (C=O) groups excluding carboxylic acids is 1. The Hall–Kier alpha value is -3.08. The molecule has 0 bridgehead atoms. The first kappa shape index (κ1) is 15.4. The number of nitrogens with zero attached hydrogens (tertiary/aromatic N) is 2. The fraction of sp³-hybridized carbons (Fsp3) is 0.200. The number of amides is 1. The third kappa shape index (κ3) is 2.67. The molecule has 25 heavy (non-hydrogen) atoms. The number of aromatic nitrogens is 2. The van der Waals surface area contributed by atoms with Gasteiger partial charge in [-0.05, 0) is 24.6 Å². The van der Waals surface area contributed by atoms with E-state index >= 15 is 0 Å². The van der Waals surface area contributed by atoms with Crippen LogP contribution in [0.5, 0.6) is 0 Å². The van der Waals surface area contributed by atoms with Crippen molar-refractivity contribution >= 4 is 5.91 Å². The van der Waals surface area contributed by atoms with Gasteiger partial charge in [-0.1, -0.05) is 30.3 Å². The van der Waals surface area contributed by atoms with Crippen LogP contribution in [0.3, 0.4) is 0 Å². The van der Waals surface area contributed by atoms with Gasteiger partial charge < -0.3 is 14.5 Å². The number of rotatable bonds is 2. The smallest absolute Gasteiger partial charge is 0.260 e. The standard InChI is InChI=1S/C20H19N3O2/c1-14-12-18(24)16(13-21-14)20(25)23-11-10-22-9-5-8-17(22)19(23)15-6-3-2-4-7-15/h2-9,12-13,19H,10-11H2,1H3,(H,21,24). The highest BCUT2D eigenvalue weighted by atomic mass is 16.2. The number of carbonyl (C=O) groups is 1. The third-order valence-corrected chi connectivity index (χ3v) is 4.70. The van der Waals surface area contributed by atoms with Crippen molar-refractivity contribution in [3.05, 3.63) is 93.7 Å². The number of H-pyrrole nitrogens is 1. The Balaban J connectivity index is 1.80. The van der Waals surface area contributed by atoms with Crippen LogP contribution in [0.25, 0.3) is 0 Å². The van der Waals surface area contributed by atoms with Gasteiger partial charge in [-0.2, -0.15) is 0 Å². The van der Waals surface area contributed by atoms with Gasteiger partial charge in [0.05, 0.1) is 6.04 Å². The SMILES string of the molecule is Cc1cc(=O)c(C(=O)N2CCn3cccc3C2c2ccccc2)c[nH]1. The number of nitrogens with one attached hydrogen (secondary N) is 1. The molecule has 0 radical (unpaired) electrons. The molecule has 3 aromatic rings. The van der Waals surface area contributed by atoms with Crippen molar-refractivity contribution in [2.45, 2.75) is 19.5 Å². The maximum atomic E-state index is 13.1. The second-order valence-corrected chi connectivity index (χ2v) is 6.33. The molecule has 1 aliphatic rings. The van der Waals surface area contributed by atoms with Gasteiger partial charge in [0.15, 0.2) is 5.43 Å². The average Bonchev–Trinajstić information content (AvgIpc) is 3.10. The van der Waals surface area contributed by atoms with E-state index in [0.29, 0.717) is 6.54 Å². The van der Waals surface area contributed by atoms with Gasteiger partial charge in [-0.15, -0.1) is 0 Å². The molecule has 0 spiro atoms. The van der Waals surface area contributed by atoms with Crippen molar-refractivity contribution in [3.8, 4) is 0 Å². The molecule has 0 saturated heterocycles. The lowest BCUT2D eigenvalue weighted by molar-refractivity contribution is 0.0662. The summed E-state index contributed by atoms with van der Waals surface area (Å²) in [5.74, 6) is -0.234. The summed E-state index contributed by atoms with van der Waals surface area (Å²) in [7, 11) is 0. The summed E-state index contributed by atoms with van der Waals surface area (Å²) in [6, 6.07) is 15.3. The topological polar surface area (TPSA) is 58.1 Å². The fourth-order valence-corrected chi connectivity index (χ4v) is 3.48. The zero-order valence-electron chi connectivity index (χ0n) is 14.0. The first-order valence-corrected chi connectivity index (χ1v) is 8.35. The number of aryl methyl sites for hydroxylation is 1. The molecule has 1 aromatic carbocycles. The molecular formula is C20H19N3O2. The summed E-state index contributed by atoms with van der Waals surface area (Å²) >= 11 is 0. The maximum Gasteiger partial charge on any atom is 0.260 e. The summed E-state index contributed by atoms with van der Waals surface area (Å²) < 4.78 is 2.17. The lowest BCUT2D eigenvalue weighted by atomic mass is 9.99. The first-order valence-electron chi connectivity index (χ1n) is 8.35. The van der Waals surface area contributed by atoms with Gasteiger partial charge in [0.2, 0.25) is 0 Å². The minimum atomic E-state index is -0.242. The average molecular weight is 333 g/mol. The highest BCUT2D eigenvalue weighted by molar-refractivity contribution is 5.94. The Kier molecular flexibility index (Phi) is 3.76. The molecule has 0 aliphatic carbocycles. The Morgan fingerprint density at radius 2 is 1.92 bits per heavy atom. The van der Waals surface area contributed by atoms with Crippen LogP contribution in [0.2, 0.25) is 0 Å². The van der Waals surface area contributed by atoms with Crippen molar-refractivity contribution in [3.63, 3.8) is 0 Å². The number of aromatic amines is 1.